The average molecular weight is 283 g/mol. The van der Waals surface area contributed by atoms with Gasteiger partial charge in [0.2, 0.25) is 10.0 Å². The molecule has 0 saturated carbocycles. The molecule has 1 heterocycles. The number of aryl methyl sites for hydroxylation is 2. The number of benzene rings is 1. The standard InChI is InChI=1S/C14H21NO3S/c1-11-5-6-12(2)13(9-11)19(16,17)15-7-8-18-10-14(15,3)4/h5-6,9H,7-8,10H2,1-4H3. The molecule has 0 unspecified atom stereocenters. The first-order chi connectivity index (χ1) is 8.75. The molecule has 4 nitrogen and oxygen atoms in total. The summed E-state index contributed by atoms with van der Waals surface area (Å²) in [7, 11) is -3.47. The predicted octanol–water partition coefficient (Wildman–Crippen LogP) is 2.10. The first-order valence-corrected chi connectivity index (χ1v) is 7.87. The summed E-state index contributed by atoms with van der Waals surface area (Å²) in [6.45, 7) is 8.82. The van der Waals surface area contributed by atoms with E-state index in [-0.39, 0.29) is 0 Å². The van der Waals surface area contributed by atoms with Crippen LogP contribution in [0.3, 0.4) is 0 Å². The summed E-state index contributed by atoms with van der Waals surface area (Å²) >= 11 is 0. The molecular weight excluding hydrogens is 262 g/mol. The van der Waals surface area contributed by atoms with E-state index in [1.807, 2.05) is 39.8 Å². The summed E-state index contributed by atoms with van der Waals surface area (Å²) in [6.07, 6.45) is 0. The van der Waals surface area contributed by atoms with E-state index in [4.69, 9.17) is 4.74 Å². The Labute approximate surface area is 115 Å². The number of sulfonamides is 1. The van der Waals surface area contributed by atoms with Crippen molar-refractivity contribution in [2.45, 2.75) is 38.1 Å². The Balaban J connectivity index is 2.50. The van der Waals surface area contributed by atoms with Crippen molar-refractivity contribution < 1.29 is 13.2 Å². The van der Waals surface area contributed by atoms with Crippen LogP contribution < -0.4 is 0 Å². The van der Waals surface area contributed by atoms with E-state index in [1.165, 1.54) is 0 Å². The van der Waals surface area contributed by atoms with Gasteiger partial charge in [-0.1, -0.05) is 12.1 Å². The van der Waals surface area contributed by atoms with Gasteiger partial charge in [0.05, 0.1) is 23.6 Å². The highest BCUT2D eigenvalue weighted by Gasteiger charge is 2.40. The Morgan fingerprint density at radius 2 is 1.95 bits per heavy atom. The molecule has 0 N–H and O–H groups in total. The Morgan fingerprint density at radius 1 is 1.26 bits per heavy atom. The maximum Gasteiger partial charge on any atom is 0.243 e. The first-order valence-electron chi connectivity index (χ1n) is 6.43. The smallest absolute Gasteiger partial charge is 0.243 e. The molecule has 0 bridgehead atoms. The van der Waals surface area contributed by atoms with Crippen LogP contribution in [0.5, 0.6) is 0 Å². The van der Waals surface area contributed by atoms with E-state index >= 15 is 0 Å². The van der Waals surface area contributed by atoms with Gasteiger partial charge in [0.25, 0.3) is 0 Å². The second-order valence-electron chi connectivity index (χ2n) is 5.71. The zero-order chi connectivity index (χ0) is 14.3. The molecule has 0 aliphatic carbocycles. The predicted molar refractivity (Wildman–Crippen MR) is 74.7 cm³/mol. The van der Waals surface area contributed by atoms with Crippen LogP contribution in [0.15, 0.2) is 23.1 Å². The summed E-state index contributed by atoms with van der Waals surface area (Å²) in [6, 6.07) is 5.53. The van der Waals surface area contributed by atoms with E-state index < -0.39 is 15.6 Å². The van der Waals surface area contributed by atoms with Gasteiger partial charge in [0, 0.05) is 6.54 Å². The highest BCUT2D eigenvalue weighted by molar-refractivity contribution is 7.89. The zero-order valence-electron chi connectivity index (χ0n) is 11.9. The van der Waals surface area contributed by atoms with Crippen LogP contribution in [0.25, 0.3) is 0 Å². The normalized spacial score (nSPS) is 20.4. The van der Waals surface area contributed by atoms with Crippen molar-refractivity contribution in [3.8, 4) is 0 Å². The number of rotatable bonds is 2. The van der Waals surface area contributed by atoms with E-state index in [0.29, 0.717) is 24.7 Å². The Bertz CT molecular complexity index is 578. The molecule has 1 aliphatic rings. The molecule has 0 aromatic heterocycles. The summed E-state index contributed by atoms with van der Waals surface area (Å²) in [4.78, 5) is 0.405. The minimum absolute atomic E-state index is 0.405. The third kappa shape index (κ3) is 2.68. The zero-order valence-corrected chi connectivity index (χ0v) is 12.8. The second-order valence-corrected chi connectivity index (χ2v) is 7.54. The lowest BCUT2D eigenvalue weighted by atomic mass is 10.1. The van der Waals surface area contributed by atoms with Crippen LogP contribution in [-0.2, 0) is 14.8 Å². The molecule has 0 amide bonds. The molecule has 1 aliphatic heterocycles. The largest absolute Gasteiger partial charge is 0.378 e. The maximum absolute atomic E-state index is 12.8. The van der Waals surface area contributed by atoms with Gasteiger partial charge >= 0.3 is 0 Å². The highest BCUT2D eigenvalue weighted by Crippen LogP contribution is 2.29. The van der Waals surface area contributed by atoms with Crippen molar-refractivity contribution in [3.05, 3.63) is 29.3 Å². The molecule has 1 aromatic carbocycles. The molecule has 1 saturated heterocycles. The van der Waals surface area contributed by atoms with Gasteiger partial charge in [-0.05, 0) is 44.9 Å². The fourth-order valence-corrected chi connectivity index (χ4v) is 4.46. The fourth-order valence-electron chi connectivity index (χ4n) is 2.39. The quantitative estimate of drug-likeness (QED) is 0.835. The van der Waals surface area contributed by atoms with Crippen LogP contribution in [0.4, 0.5) is 0 Å². The number of ether oxygens (including phenoxy) is 1. The SMILES string of the molecule is Cc1ccc(C)c(S(=O)(=O)N2CCOCC2(C)C)c1. The number of hydrogen-bond donors (Lipinski definition) is 0. The molecule has 0 atom stereocenters. The van der Waals surface area contributed by atoms with Gasteiger partial charge in [-0.3, -0.25) is 0 Å². The van der Waals surface area contributed by atoms with Crippen molar-refractivity contribution in [2.75, 3.05) is 19.8 Å². The van der Waals surface area contributed by atoms with Gasteiger partial charge in [0.15, 0.2) is 0 Å². The van der Waals surface area contributed by atoms with Crippen molar-refractivity contribution in [3.63, 3.8) is 0 Å². The van der Waals surface area contributed by atoms with Gasteiger partial charge in [0.1, 0.15) is 0 Å². The molecule has 2 rings (SSSR count). The lowest BCUT2D eigenvalue weighted by molar-refractivity contribution is -0.00772. The molecule has 5 heteroatoms. The summed E-state index contributed by atoms with van der Waals surface area (Å²) in [5.74, 6) is 0. The van der Waals surface area contributed by atoms with Crippen LogP contribution in [0.1, 0.15) is 25.0 Å². The van der Waals surface area contributed by atoms with Crippen molar-refractivity contribution in [2.24, 2.45) is 0 Å². The lowest BCUT2D eigenvalue weighted by Gasteiger charge is -2.41. The van der Waals surface area contributed by atoms with Crippen molar-refractivity contribution >= 4 is 10.0 Å². The fraction of sp³-hybridized carbons (Fsp3) is 0.571. The minimum atomic E-state index is -3.47. The van der Waals surface area contributed by atoms with Crippen LogP contribution in [-0.4, -0.2) is 38.0 Å². The number of nitrogens with zero attached hydrogens (tertiary/aromatic N) is 1. The molecule has 1 fully saturated rings. The van der Waals surface area contributed by atoms with Gasteiger partial charge in [-0.25, -0.2) is 8.42 Å². The first kappa shape index (κ1) is 14.5. The van der Waals surface area contributed by atoms with E-state index in [2.05, 4.69) is 0 Å². The molecule has 106 valence electrons. The molecule has 19 heavy (non-hydrogen) atoms. The van der Waals surface area contributed by atoms with Crippen molar-refractivity contribution in [1.82, 2.24) is 4.31 Å². The molecule has 0 radical (unpaired) electrons. The Morgan fingerprint density at radius 3 is 2.58 bits per heavy atom. The summed E-state index contributed by atoms with van der Waals surface area (Å²) in [5.41, 5.74) is 1.23. The molecule has 1 aromatic rings. The number of hydrogen-bond acceptors (Lipinski definition) is 3. The summed E-state index contributed by atoms with van der Waals surface area (Å²) < 4.78 is 32.6. The van der Waals surface area contributed by atoms with Gasteiger partial charge < -0.3 is 4.74 Å². The third-order valence-corrected chi connectivity index (χ3v) is 5.73. The third-order valence-electron chi connectivity index (χ3n) is 3.48. The maximum atomic E-state index is 12.8. The monoisotopic (exact) mass is 283 g/mol. The Kier molecular flexibility index (Phi) is 3.73. The van der Waals surface area contributed by atoms with E-state index in [1.54, 1.807) is 10.4 Å². The van der Waals surface area contributed by atoms with E-state index in [9.17, 15) is 8.42 Å². The van der Waals surface area contributed by atoms with Gasteiger partial charge in [-0.15, -0.1) is 0 Å². The number of morpholine rings is 1. The average Bonchev–Trinajstić information content (AvgIpc) is 2.31. The summed E-state index contributed by atoms with van der Waals surface area (Å²) in [5, 5.41) is 0. The Hall–Kier alpha value is -0.910. The minimum Gasteiger partial charge on any atom is -0.378 e. The van der Waals surface area contributed by atoms with Crippen LogP contribution >= 0.6 is 0 Å². The van der Waals surface area contributed by atoms with Crippen molar-refractivity contribution in [1.29, 1.82) is 0 Å². The van der Waals surface area contributed by atoms with Crippen LogP contribution in [0.2, 0.25) is 0 Å². The topological polar surface area (TPSA) is 46.6 Å². The molecule has 0 spiro atoms. The van der Waals surface area contributed by atoms with E-state index in [0.717, 1.165) is 11.1 Å². The molecular formula is C14H21NO3S. The highest BCUT2D eigenvalue weighted by atomic mass is 32.2. The lowest BCUT2D eigenvalue weighted by Crippen LogP contribution is -2.55. The second kappa shape index (κ2) is 4.89. The van der Waals surface area contributed by atoms with Crippen LogP contribution in [0, 0.1) is 13.8 Å². The van der Waals surface area contributed by atoms with Gasteiger partial charge in [-0.2, -0.15) is 4.31 Å².